The van der Waals surface area contributed by atoms with E-state index in [1.54, 1.807) is 0 Å². The Hall–Kier alpha value is 1.25. The first-order chi connectivity index (χ1) is 6.91. The molecule has 0 saturated carbocycles. The van der Waals surface area contributed by atoms with Gasteiger partial charge in [0.05, 0.1) is 11.9 Å². The normalized spacial score (nSPS) is 18.8. The van der Waals surface area contributed by atoms with E-state index in [2.05, 4.69) is 0 Å². The van der Waals surface area contributed by atoms with Crippen molar-refractivity contribution in [3.63, 3.8) is 0 Å². The van der Waals surface area contributed by atoms with Crippen LogP contribution < -0.4 is 10.2 Å². The zero-order valence-corrected chi connectivity index (χ0v) is 14.2. The molecule has 111 valence electrons. The maximum absolute atomic E-state index is 9.63. The number of hydrogen-bond acceptors (Lipinski definition) is 6. The Bertz CT molecular complexity index is 279. The van der Waals surface area contributed by atoms with E-state index in [1.807, 2.05) is 0 Å². The van der Waals surface area contributed by atoms with Crippen molar-refractivity contribution in [3.8, 4) is 0 Å². The fourth-order valence-corrected chi connectivity index (χ4v) is 0.258. The van der Waals surface area contributed by atoms with Gasteiger partial charge in [0.25, 0.3) is 0 Å². The van der Waals surface area contributed by atoms with Crippen LogP contribution in [0.4, 0.5) is 0 Å². The third kappa shape index (κ3) is 22.9. The number of hydrogen-bond donors (Lipinski definition) is 2. The molecule has 0 rings (SSSR count). The Morgan fingerprint density at radius 2 is 0.941 bits per heavy atom. The van der Waals surface area contributed by atoms with Crippen molar-refractivity contribution in [1.82, 2.24) is 0 Å². The van der Waals surface area contributed by atoms with Gasteiger partial charge in [0.2, 0.25) is 0 Å². The molecular weight excluding hydrogens is 549 g/mol. The van der Waals surface area contributed by atoms with E-state index in [0.29, 0.717) is 0 Å². The number of carbonyl (C=O) groups excluding carboxylic acids is 2. The molecule has 0 aliphatic carbocycles. The topological polar surface area (TPSA) is 121 Å². The summed E-state index contributed by atoms with van der Waals surface area (Å²) in [7, 11) is 30.3. The molecule has 0 fully saturated rings. The Morgan fingerprint density at radius 1 is 0.824 bits per heavy atom. The van der Waals surface area contributed by atoms with Crippen molar-refractivity contribution in [1.29, 1.82) is 0 Å². The average Bonchev–Trinajstić information content (AvgIpc) is 1.95. The van der Waals surface area contributed by atoms with Crippen molar-refractivity contribution in [3.05, 3.63) is 0 Å². The monoisotopic (exact) mass is 551 g/mol. The summed E-state index contributed by atoms with van der Waals surface area (Å²) in [5, 5.41) is 35.7. The number of carboxylic acid groups (broad SMARTS) is 2. The molecule has 0 aliphatic rings. The summed E-state index contributed by atoms with van der Waals surface area (Å²) in [6.45, 7) is -5.33. The second kappa shape index (κ2) is 5.71. The van der Waals surface area contributed by atoms with Gasteiger partial charge in [0.1, 0.15) is 12.2 Å². The Labute approximate surface area is 117 Å². The van der Waals surface area contributed by atoms with Crippen LogP contribution in [0.25, 0.3) is 0 Å². The molecule has 6 nitrogen and oxygen atoms in total. The molecule has 0 radical (unpaired) electrons. The predicted octanol–water partition coefficient (Wildman–Crippen LogP) is -0.658. The van der Waals surface area contributed by atoms with Gasteiger partial charge in [-0.1, -0.05) is 0 Å². The maximum atomic E-state index is 9.63. The summed E-state index contributed by atoms with van der Waals surface area (Å²) in [4.78, 5) is 19.3. The average molecular weight is 553 g/mol. The van der Waals surface area contributed by atoms with Crippen LogP contribution >= 0.6 is 57.5 Å². The van der Waals surface area contributed by atoms with E-state index in [1.165, 1.54) is 0 Å². The zero-order valence-electron chi connectivity index (χ0n) is 7.28. The number of aliphatic carboxylic acids is 2. The van der Waals surface area contributed by atoms with Gasteiger partial charge in [0, 0.05) is 0 Å². The number of aliphatic hydroxyl groups excluding tert-OH is 2. The minimum absolute atomic E-state index is 2.06. The standard InChI is InChI=1S/C4H6O6.6ClH.Ir/c5-1(3(7)8)2(6)4(9)10;;;;;;;/h1-2,5-6H,(H,7,8)(H,9,10);6*1H;/q;;;;;;;+4/p-8. The predicted molar refractivity (Wildman–Crippen MR) is 57.1 cm³/mol. The van der Waals surface area contributed by atoms with Crippen LogP contribution in [0.2, 0.25) is 0 Å². The third-order valence-electron chi connectivity index (χ3n) is 0.782. The molecule has 13 heteroatoms. The van der Waals surface area contributed by atoms with Gasteiger partial charge in [-0.3, -0.25) is 0 Å². The number of aliphatic hydroxyl groups is 2. The molecule has 17 heavy (non-hydrogen) atoms. The van der Waals surface area contributed by atoms with Crippen molar-refractivity contribution in [2.24, 2.45) is 0 Å². The van der Waals surface area contributed by atoms with Gasteiger partial charge in [-0.15, -0.1) is 0 Å². The van der Waals surface area contributed by atoms with Gasteiger partial charge >= 0.3 is 64.3 Å². The van der Waals surface area contributed by atoms with Crippen LogP contribution in [0.3, 0.4) is 0 Å². The summed E-state index contributed by atoms with van der Waals surface area (Å²) >= 11 is 0. The summed E-state index contributed by atoms with van der Waals surface area (Å²) in [6, 6.07) is 0. The van der Waals surface area contributed by atoms with Crippen LogP contribution in [-0.4, -0.2) is 34.4 Å². The van der Waals surface area contributed by atoms with Gasteiger partial charge in [-0.25, -0.2) is 0 Å². The second-order valence-electron chi connectivity index (χ2n) is 2.24. The molecule has 0 aromatic heterocycles. The van der Waals surface area contributed by atoms with Crippen LogP contribution in [-0.2, 0) is 16.4 Å². The molecule has 2 atom stereocenters. The SMILES string of the molecule is O=C([O-])C(O)C(O)C(=O)[O-].[Cl][Ir-2]([Cl])([Cl])([Cl])([Cl])[Cl]. The molecule has 2 unspecified atom stereocenters. The molecule has 0 spiro atoms. The number of carboxylic acids is 2. The molecule has 0 saturated heterocycles. The van der Waals surface area contributed by atoms with E-state index in [0.717, 1.165) is 0 Å². The molecule has 0 aromatic rings. The Balaban J connectivity index is 0. The van der Waals surface area contributed by atoms with Gasteiger partial charge in [-0.05, 0) is 0 Å². The minimum atomic E-state index is -5.33. The Kier molecular flexibility index (Phi) is 6.90. The number of halogens is 6. The first kappa shape index (κ1) is 20.6. The van der Waals surface area contributed by atoms with Crippen molar-refractivity contribution < 1.29 is 36.8 Å². The summed E-state index contributed by atoms with van der Waals surface area (Å²) < 4.78 is 0. The summed E-state index contributed by atoms with van der Waals surface area (Å²) in [6.07, 6.45) is -4.88. The van der Waals surface area contributed by atoms with E-state index in [4.69, 9.17) is 67.7 Å². The third-order valence-corrected chi connectivity index (χ3v) is 0.782. The first-order valence-electron chi connectivity index (χ1n) is 3.00. The van der Waals surface area contributed by atoms with Crippen LogP contribution in [0.15, 0.2) is 0 Å². The van der Waals surface area contributed by atoms with E-state index >= 15 is 0 Å². The van der Waals surface area contributed by atoms with Gasteiger partial charge in [-0.2, -0.15) is 0 Å². The Morgan fingerprint density at radius 3 is 1.00 bits per heavy atom. The van der Waals surface area contributed by atoms with E-state index < -0.39 is 31.0 Å². The summed E-state index contributed by atoms with van der Waals surface area (Å²) in [5.74, 6) is -4.12. The summed E-state index contributed by atoms with van der Waals surface area (Å²) in [5.41, 5.74) is 0. The molecule has 0 bridgehead atoms. The number of carbonyl (C=O) groups is 2. The van der Waals surface area contributed by atoms with Crippen LogP contribution in [0.1, 0.15) is 0 Å². The van der Waals surface area contributed by atoms with E-state index in [-0.39, 0.29) is 0 Å². The molecule has 2 N–H and O–H groups in total. The number of rotatable bonds is 3. The molecule has 0 amide bonds. The fraction of sp³-hybridized carbons (Fsp3) is 0.500. The molecule has 0 aliphatic heterocycles. The fourth-order valence-electron chi connectivity index (χ4n) is 0.258. The second-order valence-corrected chi connectivity index (χ2v) is 54.1. The van der Waals surface area contributed by atoms with Crippen molar-refractivity contribution >= 4 is 69.4 Å². The molecule has 0 aromatic carbocycles. The van der Waals surface area contributed by atoms with Crippen molar-refractivity contribution in [2.45, 2.75) is 12.2 Å². The van der Waals surface area contributed by atoms with Crippen LogP contribution in [0.5, 0.6) is 0 Å². The molecule has 0 heterocycles. The van der Waals surface area contributed by atoms with E-state index in [9.17, 15) is 19.8 Å². The van der Waals surface area contributed by atoms with Crippen molar-refractivity contribution in [2.75, 3.05) is 0 Å². The quantitative estimate of drug-likeness (QED) is 0.480. The van der Waals surface area contributed by atoms with Crippen LogP contribution in [0, 0.1) is 0 Å². The van der Waals surface area contributed by atoms with Gasteiger partial charge < -0.3 is 30.0 Å². The first-order valence-corrected chi connectivity index (χ1v) is 20.8. The van der Waals surface area contributed by atoms with Gasteiger partial charge in [0.15, 0.2) is 0 Å². The zero-order chi connectivity index (χ0) is 14.7. The molecular formula is C4H4Cl6IrO6-4.